The molecule has 128 valence electrons. The molecule has 4 nitrogen and oxygen atoms in total. The third kappa shape index (κ3) is 5.46. The number of esters is 1. The Bertz CT molecular complexity index is 628. The van der Waals surface area contributed by atoms with Gasteiger partial charge < -0.3 is 4.74 Å². The van der Waals surface area contributed by atoms with Gasteiger partial charge in [0.05, 0.1) is 11.5 Å². The molecule has 1 aliphatic rings. The summed E-state index contributed by atoms with van der Waals surface area (Å²) in [6, 6.07) is 9.77. The SMILES string of the molecule is CCCCOC(=O)CCCN1C(=O)SC(=Cc2ccccc2)C1=S. The van der Waals surface area contributed by atoms with Crippen molar-refractivity contribution in [2.45, 2.75) is 32.6 Å². The maximum absolute atomic E-state index is 12.1. The molecule has 6 heteroatoms. The van der Waals surface area contributed by atoms with Gasteiger partial charge in [-0.05, 0) is 36.2 Å². The maximum Gasteiger partial charge on any atom is 0.305 e. The van der Waals surface area contributed by atoms with Crippen molar-refractivity contribution in [2.75, 3.05) is 13.2 Å². The second-order valence-corrected chi connectivity index (χ2v) is 6.80. The molecule has 0 N–H and O–H groups in total. The fourth-order valence-electron chi connectivity index (χ4n) is 2.18. The zero-order chi connectivity index (χ0) is 17.4. The van der Waals surface area contributed by atoms with E-state index >= 15 is 0 Å². The fraction of sp³-hybridized carbons (Fsp3) is 0.389. The van der Waals surface area contributed by atoms with Crippen molar-refractivity contribution in [2.24, 2.45) is 0 Å². The van der Waals surface area contributed by atoms with E-state index in [-0.39, 0.29) is 11.2 Å². The van der Waals surface area contributed by atoms with Crippen molar-refractivity contribution in [1.29, 1.82) is 0 Å². The molecule has 1 aliphatic heterocycles. The van der Waals surface area contributed by atoms with Crippen LogP contribution in [0.15, 0.2) is 35.2 Å². The van der Waals surface area contributed by atoms with Crippen LogP contribution in [-0.4, -0.2) is 34.2 Å². The van der Waals surface area contributed by atoms with E-state index in [4.69, 9.17) is 17.0 Å². The first kappa shape index (κ1) is 18.7. The number of hydrogen-bond donors (Lipinski definition) is 0. The maximum atomic E-state index is 12.1. The minimum atomic E-state index is -0.214. The lowest BCUT2D eigenvalue weighted by Gasteiger charge is -2.14. The normalized spacial score (nSPS) is 16.0. The summed E-state index contributed by atoms with van der Waals surface area (Å²) in [6.07, 6.45) is 4.65. The molecule has 0 aromatic heterocycles. The third-order valence-electron chi connectivity index (χ3n) is 3.49. The Morgan fingerprint density at radius 1 is 1.29 bits per heavy atom. The molecule has 0 aliphatic carbocycles. The molecule has 1 aromatic rings. The average molecular weight is 364 g/mol. The summed E-state index contributed by atoms with van der Waals surface area (Å²) < 4.78 is 5.11. The van der Waals surface area contributed by atoms with Crippen LogP contribution < -0.4 is 0 Å². The number of thiocarbonyl (C=S) groups is 1. The van der Waals surface area contributed by atoms with Gasteiger partial charge in [-0.2, -0.15) is 0 Å². The molecule has 1 saturated heterocycles. The molecule has 2 rings (SSSR count). The van der Waals surface area contributed by atoms with Gasteiger partial charge in [-0.25, -0.2) is 0 Å². The van der Waals surface area contributed by atoms with Crippen molar-refractivity contribution < 1.29 is 14.3 Å². The van der Waals surface area contributed by atoms with Crippen LogP contribution in [0.4, 0.5) is 4.79 Å². The number of carbonyl (C=O) groups is 2. The second kappa shape index (κ2) is 9.59. The third-order valence-corrected chi connectivity index (χ3v) is 4.99. The molecule has 0 spiro atoms. The van der Waals surface area contributed by atoms with Gasteiger partial charge in [0, 0.05) is 13.0 Å². The molecule has 1 fully saturated rings. The van der Waals surface area contributed by atoms with E-state index in [2.05, 4.69) is 0 Å². The number of amides is 1. The summed E-state index contributed by atoms with van der Waals surface area (Å²) in [6.45, 7) is 2.96. The van der Waals surface area contributed by atoms with E-state index in [0.717, 1.165) is 35.1 Å². The highest BCUT2D eigenvalue weighted by Crippen LogP contribution is 2.33. The van der Waals surface area contributed by atoms with Crippen LogP contribution in [0, 0.1) is 0 Å². The molecule has 1 aromatic carbocycles. The molecular formula is C18H21NO3S2. The van der Waals surface area contributed by atoms with Gasteiger partial charge in [-0.15, -0.1) is 0 Å². The van der Waals surface area contributed by atoms with E-state index in [1.807, 2.05) is 43.3 Å². The van der Waals surface area contributed by atoms with E-state index in [1.165, 1.54) is 0 Å². The molecule has 1 amide bonds. The Kier molecular flexibility index (Phi) is 7.46. The van der Waals surface area contributed by atoms with E-state index in [1.54, 1.807) is 4.90 Å². The van der Waals surface area contributed by atoms with Gasteiger partial charge in [-0.1, -0.05) is 55.9 Å². The highest BCUT2D eigenvalue weighted by atomic mass is 32.2. The minimum Gasteiger partial charge on any atom is -0.466 e. The van der Waals surface area contributed by atoms with Crippen LogP contribution in [-0.2, 0) is 9.53 Å². The number of unbranched alkanes of at least 4 members (excludes halogenated alkanes) is 1. The summed E-state index contributed by atoms with van der Waals surface area (Å²) in [5.74, 6) is -0.214. The summed E-state index contributed by atoms with van der Waals surface area (Å²) in [5.41, 5.74) is 1.01. The number of thioether (sulfide) groups is 1. The van der Waals surface area contributed by atoms with Crippen molar-refractivity contribution in [3.05, 3.63) is 40.8 Å². The van der Waals surface area contributed by atoms with Gasteiger partial charge in [-0.3, -0.25) is 14.5 Å². The van der Waals surface area contributed by atoms with Gasteiger partial charge in [0.2, 0.25) is 0 Å². The van der Waals surface area contributed by atoms with Gasteiger partial charge in [0.1, 0.15) is 4.99 Å². The van der Waals surface area contributed by atoms with Crippen LogP contribution in [0.3, 0.4) is 0 Å². The summed E-state index contributed by atoms with van der Waals surface area (Å²) in [5, 5.41) is -0.0819. The lowest BCUT2D eigenvalue weighted by molar-refractivity contribution is -0.143. The monoisotopic (exact) mass is 363 g/mol. The number of ether oxygens (including phenoxy) is 1. The topological polar surface area (TPSA) is 46.6 Å². The van der Waals surface area contributed by atoms with E-state index in [0.29, 0.717) is 31.0 Å². The summed E-state index contributed by atoms with van der Waals surface area (Å²) in [7, 11) is 0. The Morgan fingerprint density at radius 2 is 2.04 bits per heavy atom. The molecule has 1 heterocycles. The summed E-state index contributed by atoms with van der Waals surface area (Å²) >= 11 is 6.55. The Morgan fingerprint density at radius 3 is 2.75 bits per heavy atom. The highest BCUT2D eigenvalue weighted by molar-refractivity contribution is 8.19. The standard InChI is InChI=1S/C18H21NO3S2/c1-2-3-12-22-16(20)10-7-11-19-17(23)15(24-18(19)21)13-14-8-5-4-6-9-14/h4-6,8-9,13H,2-3,7,10-12H2,1H3. The number of hydrogen-bond acceptors (Lipinski definition) is 5. The predicted octanol–water partition coefficient (Wildman–Crippen LogP) is 4.65. The molecule has 0 bridgehead atoms. The van der Waals surface area contributed by atoms with Gasteiger partial charge in [0.15, 0.2) is 0 Å². The predicted molar refractivity (Wildman–Crippen MR) is 102 cm³/mol. The van der Waals surface area contributed by atoms with E-state index < -0.39 is 0 Å². The fourth-order valence-corrected chi connectivity index (χ4v) is 3.47. The highest BCUT2D eigenvalue weighted by Gasteiger charge is 2.31. The van der Waals surface area contributed by atoms with Crippen molar-refractivity contribution in [1.82, 2.24) is 4.90 Å². The smallest absolute Gasteiger partial charge is 0.305 e. The Hall–Kier alpha value is -1.66. The van der Waals surface area contributed by atoms with Gasteiger partial charge >= 0.3 is 5.97 Å². The molecule has 0 saturated carbocycles. The van der Waals surface area contributed by atoms with Crippen molar-refractivity contribution in [3.63, 3.8) is 0 Å². The Balaban J connectivity index is 1.84. The zero-order valence-electron chi connectivity index (χ0n) is 13.7. The van der Waals surface area contributed by atoms with Crippen molar-refractivity contribution >= 4 is 46.3 Å². The van der Waals surface area contributed by atoms with Crippen LogP contribution in [0.25, 0.3) is 6.08 Å². The van der Waals surface area contributed by atoms with Crippen molar-refractivity contribution in [3.8, 4) is 0 Å². The number of carbonyl (C=O) groups excluding carboxylic acids is 2. The van der Waals surface area contributed by atoms with Crippen LogP contribution in [0.5, 0.6) is 0 Å². The number of rotatable bonds is 8. The molecule has 0 radical (unpaired) electrons. The lowest BCUT2D eigenvalue weighted by Crippen LogP contribution is -2.28. The molecule has 24 heavy (non-hydrogen) atoms. The van der Waals surface area contributed by atoms with E-state index in [9.17, 15) is 9.59 Å². The first-order valence-corrected chi connectivity index (χ1v) is 9.30. The molecular weight excluding hydrogens is 342 g/mol. The number of nitrogens with zero attached hydrogens (tertiary/aromatic N) is 1. The average Bonchev–Trinajstić information content (AvgIpc) is 2.83. The molecule has 0 atom stereocenters. The van der Waals surface area contributed by atoms with Crippen LogP contribution in [0.2, 0.25) is 0 Å². The Labute approximate surface area is 152 Å². The first-order chi connectivity index (χ1) is 11.6. The van der Waals surface area contributed by atoms with Gasteiger partial charge in [0.25, 0.3) is 5.24 Å². The quantitative estimate of drug-likeness (QED) is 0.291. The van der Waals surface area contributed by atoms with Crippen LogP contribution in [0.1, 0.15) is 38.2 Å². The largest absolute Gasteiger partial charge is 0.466 e. The second-order valence-electron chi connectivity index (χ2n) is 5.42. The lowest BCUT2D eigenvalue weighted by atomic mass is 10.2. The number of benzene rings is 1. The minimum absolute atomic E-state index is 0.0819. The summed E-state index contributed by atoms with van der Waals surface area (Å²) in [4.78, 5) is 26.6. The zero-order valence-corrected chi connectivity index (χ0v) is 15.3. The first-order valence-electron chi connectivity index (χ1n) is 8.08. The molecule has 0 unspecified atom stereocenters. The van der Waals surface area contributed by atoms with Crippen LogP contribution >= 0.6 is 24.0 Å².